The first-order chi connectivity index (χ1) is 8.77. The maximum absolute atomic E-state index is 11.3. The number of hydrogen-bond donors (Lipinski definition) is 0. The van der Waals surface area contributed by atoms with Gasteiger partial charge in [-0.2, -0.15) is 0 Å². The minimum atomic E-state index is -0.551. The smallest absolute Gasteiger partial charge is 0.334 e. The summed E-state index contributed by atoms with van der Waals surface area (Å²) in [4.78, 5) is 13.9. The van der Waals surface area contributed by atoms with Crippen molar-refractivity contribution in [3.8, 4) is 11.8 Å². The van der Waals surface area contributed by atoms with Gasteiger partial charge in [-0.25, -0.2) is 4.79 Å². The number of carbonyl (C=O) groups excluding carboxylic acids is 1. The zero-order valence-electron chi connectivity index (χ0n) is 9.83. The van der Waals surface area contributed by atoms with Crippen molar-refractivity contribution in [1.29, 1.82) is 0 Å². The molecule has 0 bridgehead atoms. The zero-order valence-corrected chi connectivity index (χ0v) is 9.83. The van der Waals surface area contributed by atoms with Gasteiger partial charge >= 0.3 is 5.97 Å². The first-order valence-electron chi connectivity index (χ1n) is 5.12. The lowest BCUT2D eigenvalue weighted by Gasteiger charge is -1.98. The Morgan fingerprint density at radius 2 is 2.22 bits per heavy atom. The molecule has 0 amide bonds. The molecule has 90 valence electrons. The summed E-state index contributed by atoms with van der Waals surface area (Å²) in [5, 5.41) is 3.31. The Morgan fingerprint density at radius 1 is 1.50 bits per heavy atom. The van der Waals surface area contributed by atoms with E-state index in [1.54, 1.807) is 0 Å². The van der Waals surface area contributed by atoms with Crippen LogP contribution in [-0.4, -0.2) is 19.6 Å². The first-order valence-corrected chi connectivity index (χ1v) is 5.12. The number of azide groups is 1. The number of ether oxygens (including phenoxy) is 1. The number of nitrogens with zero attached hydrogens (tertiary/aromatic N) is 3. The van der Waals surface area contributed by atoms with Gasteiger partial charge in [-0.05, 0) is 23.7 Å². The van der Waals surface area contributed by atoms with E-state index in [-0.39, 0.29) is 12.1 Å². The van der Waals surface area contributed by atoms with E-state index in [1.807, 2.05) is 30.3 Å². The van der Waals surface area contributed by atoms with E-state index in [0.29, 0.717) is 0 Å². The quantitative estimate of drug-likeness (QED) is 0.203. The van der Waals surface area contributed by atoms with Crippen molar-refractivity contribution in [2.75, 3.05) is 13.7 Å². The predicted octanol–water partition coefficient (Wildman–Crippen LogP) is 2.45. The van der Waals surface area contributed by atoms with Crippen molar-refractivity contribution < 1.29 is 9.53 Å². The van der Waals surface area contributed by atoms with Gasteiger partial charge in [-0.15, -0.1) is 0 Å². The molecule has 0 unspecified atom stereocenters. The minimum absolute atomic E-state index is 0.0767. The number of hydrogen-bond acceptors (Lipinski definition) is 3. The lowest BCUT2D eigenvalue weighted by molar-refractivity contribution is -0.136. The standard InChI is InChI=1S/C13H11N3O2/c1-18-13(17)12(10-15-16-14)9-5-8-11-6-3-2-4-7-11/h2-4,6-7,9H,10H2,1H3. The molecule has 1 aromatic rings. The third-order valence-corrected chi connectivity index (χ3v) is 1.99. The van der Waals surface area contributed by atoms with Gasteiger partial charge in [0, 0.05) is 10.5 Å². The molecule has 0 aliphatic heterocycles. The fourth-order valence-corrected chi connectivity index (χ4v) is 1.14. The van der Waals surface area contributed by atoms with Crippen LogP contribution in [0.2, 0.25) is 0 Å². The number of carbonyl (C=O) groups is 1. The van der Waals surface area contributed by atoms with Crippen LogP contribution >= 0.6 is 0 Å². The highest BCUT2D eigenvalue weighted by Gasteiger charge is 2.06. The molecule has 0 radical (unpaired) electrons. The molecule has 0 fully saturated rings. The molecule has 1 aromatic carbocycles. The van der Waals surface area contributed by atoms with Crippen molar-refractivity contribution in [1.82, 2.24) is 0 Å². The summed E-state index contributed by atoms with van der Waals surface area (Å²) in [5.41, 5.74) is 9.27. The Labute approximate surface area is 105 Å². The van der Waals surface area contributed by atoms with Gasteiger partial charge in [0.25, 0.3) is 0 Å². The molecule has 0 aromatic heterocycles. The molecule has 0 aliphatic rings. The van der Waals surface area contributed by atoms with E-state index < -0.39 is 5.97 Å². The van der Waals surface area contributed by atoms with Crippen molar-refractivity contribution in [3.63, 3.8) is 0 Å². The summed E-state index contributed by atoms with van der Waals surface area (Å²) in [6.07, 6.45) is 1.40. The number of benzene rings is 1. The molecule has 0 saturated carbocycles. The Balaban J connectivity index is 2.86. The van der Waals surface area contributed by atoms with E-state index in [1.165, 1.54) is 13.2 Å². The monoisotopic (exact) mass is 241 g/mol. The van der Waals surface area contributed by atoms with Crippen LogP contribution in [0.25, 0.3) is 10.4 Å². The summed E-state index contributed by atoms with van der Waals surface area (Å²) in [5.74, 6) is 5.04. The molecule has 18 heavy (non-hydrogen) atoms. The number of rotatable bonds is 3. The predicted molar refractivity (Wildman–Crippen MR) is 67.4 cm³/mol. The summed E-state index contributed by atoms with van der Waals surface area (Å²) >= 11 is 0. The van der Waals surface area contributed by atoms with Crippen LogP contribution in [0.1, 0.15) is 5.56 Å². The number of esters is 1. The molecular formula is C13H11N3O2. The molecule has 0 N–H and O–H groups in total. The van der Waals surface area contributed by atoms with Crippen LogP contribution in [0.4, 0.5) is 0 Å². The summed E-state index contributed by atoms with van der Waals surface area (Å²) in [6, 6.07) is 9.34. The lowest BCUT2D eigenvalue weighted by atomic mass is 10.2. The van der Waals surface area contributed by atoms with Crippen molar-refractivity contribution in [2.24, 2.45) is 5.11 Å². The summed E-state index contributed by atoms with van der Waals surface area (Å²) in [7, 11) is 1.26. The normalized spacial score (nSPS) is 9.72. The average Bonchev–Trinajstić information content (AvgIpc) is 2.43. The fourth-order valence-electron chi connectivity index (χ4n) is 1.14. The first kappa shape index (κ1) is 13.4. The molecular weight excluding hydrogens is 230 g/mol. The SMILES string of the molecule is COC(=O)C(=CC#Cc1ccccc1)CN=[N+]=[N-]. The van der Waals surface area contributed by atoms with Gasteiger partial charge in [-0.3, -0.25) is 0 Å². The van der Waals surface area contributed by atoms with Crippen molar-refractivity contribution in [3.05, 3.63) is 58.0 Å². The van der Waals surface area contributed by atoms with E-state index in [4.69, 9.17) is 5.53 Å². The molecule has 5 heteroatoms. The Morgan fingerprint density at radius 3 is 2.83 bits per heavy atom. The highest BCUT2D eigenvalue weighted by Crippen LogP contribution is 1.99. The third kappa shape index (κ3) is 4.44. The van der Waals surface area contributed by atoms with Crippen molar-refractivity contribution in [2.45, 2.75) is 0 Å². The molecule has 0 heterocycles. The minimum Gasteiger partial charge on any atom is -0.466 e. The number of allylic oxidation sites excluding steroid dienone is 1. The van der Waals surface area contributed by atoms with Crippen LogP contribution in [-0.2, 0) is 9.53 Å². The maximum Gasteiger partial charge on any atom is 0.334 e. The van der Waals surface area contributed by atoms with E-state index in [2.05, 4.69) is 26.6 Å². The van der Waals surface area contributed by atoms with Gasteiger partial charge in [0.05, 0.1) is 19.2 Å². The van der Waals surface area contributed by atoms with E-state index >= 15 is 0 Å². The second-order valence-corrected chi connectivity index (χ2v) is 3.19. The average molecular weight is 241 g/mol. The Kier molecular flexibility index (Phi) is 5.61. The molecule has 0 atom stereocenters. The molecule has 0 aliphatic carbocycles. The lowest BCUT2D eigenvalue weighted by Crippen LogP contribution is -2.06. The largest absolute Gasteiger partial charge is 0.466 e. The summed E-state index contributed by atoms with van der Waals surface area (Å²) in [6.45, 7) is -0.0767. The van der Waals surface area contributed by atoms with Gasteiger partial charge < -0.3 is 4.74 Å². The van der Waals surface area contributed by atoms with E-state index in [9.17, 15) is 4.79 Å². The second kappa shape index (κ2) is 7.55. The van der Waals surface area contributed by atoms with Gasteiger partial charge in [-0.1, -0.05) is 35.2 Å². The van der Waals surface area contributed by atoms with Crippen LogP contribution in [0.3, 0.4) is 0 Å². The maximum atomic E-state index is 11.3. The van der Waals surface area contributed by atoms with Crippen molar-refractivity contribution >= 4 is 5.97 Å². The molecule has 0 spiro atoms. The van der Waals surface area contributed by atoms with Crippen LogP contribution in [0.5, 0.6) is 0 Å². The zero-order chi connectivity index (χ0) is 13.2. The second-order valence-electron chi connectivity index (χ2n) is 3.19. The Hall–Kier alpha value is -2.70. The topological polar surface area (TPSA) is 75.1 Å². The highest BCUT2D eigenvalue weighted by atomic mass is 16.5. The number of methoxy groups -OCH3 is 1. The van der Waals surface area contributed by atoms with Crippen LogP contribution in [0, 0.1) is 11.8 Å². The fraction of sp³-hybridized carbons (Fsp3) is 0.154. The van der Waals surface area contributed by atoms with Crippen LogP contribution in [0.15, 0.2) is 47.1 Å². The highest BCUT2D eigenvalue weighted by molar-refractivity contribution is 5.89. The van der Waals surface area contributed by atoms with Gasteiger partial charge in [0.15, 0.2) is 0 Å². The van der Waals surface area contributed by atoms with Crippen LogP contribution < -0.4 is 0 Å². The summed E-state index contributed by atoms with van der Waals surface area (Å²) < 4.78 is 4.55. The third-order valence-electron chi connectivity index (χ3n) is 1.99. The Bertz CT molecular complexity index is 547. The van der Waals surface area contributed by atoms with Gasteiger partial charge in [0.2, 0.25) is 0 Å². The molecule has 5 nitrogen and oxygen atoms in total. The van der Waals surface area contributed by atoms with Gasteiger partial charge in [0.1, 0.15) is 0 Å². The molecule has 1 rings (SSSR count). The molecule has 0 saturated heterocycles. The van der Waals surface area contributed by atoms with E-state index in [0.717, 1.165) is 5.56 Å².